The lowest BCUT2D eigenvalue weighted by Crippen LogP contribution is -2.34. The van der Waals surface area contributed by atoms with E-state index in [9.17, 15) is 0 Å². The third kappa shape index (κ3) is 5.39. The minimum absolute atomic E-state index is 0.0894. The van der Waals surface area contributed by atoms with Gasteiger partial charge in [-0.2, -0.15) is 0 Å². The van der Waals surface area contributed by atoms with Crippen LogP contribution in [0.1, 0.15) is 83.6 Å². The Labute approximate surface area is 240 Å². The monoisotopic (exact) mass is 535 g/mol. The molecule has 39 heavy (non-hydrogen) atoms. The first kappa shape index (κ1) is 27.5. The Balaban J connectivity index is 1.75. The molecular formula is C37H42ClN. The Kier molecular flexibility index (Phi) is 6.96. The Bertz CT molecular complexity index is 1500. The number of halogens is 1. The molecule has 4 aromatic rings. The molecule has 4 aromatic carbocycles. The van der Waals surface area contributed by atoms with Gasteiger partial charge in [0.15, 0.2) is 0 Å². The lowest BCUT2D eigenvalue weighted by molar-refractivity contribution is 0.332. The van der Waals surface area contributed by atoms with Crippen LogP contribution in [0.4, 0.5) is 17.1 Å². The Morgan fingerprint density at radius 1 is 0.667 bits per heavy atom. The zero-order valence-electron chi connectivity index (χ0n) is 24.8. The number of aryl methyl sites for hydroxylation is 1. The van der Waals surface area contributed by atoms with Gasteiger partial charge in [0, 0.05) is 22.1 Å². The van der Waals surface area contributed by atoms with Gasteiger partial charge in [-0.25, -0.2) is 0 Å². The molecule has 0 heterocycles. The molecule has 0 atom stereocenters. The maximum Gasteiger partial charge on any atom is 0.0490 e. The second-order valence-corrected chi connectivity index (χ2v) is 14.1. The highest BCUT2D eigenvalue weighted by atomic mass is 35.5. The molecule has 202 valence electrons. The van der Waals surface area contributed by atoms with Crippen LogP contribution in [0.3, 0.4) is 0 Å². The van der Waals surface area contributed by atoms with Gasteiger partial charge in [0.1, 0.15) is 0 Å². The van der Waals surface area contributed by atoms with Gasteiger partial charge in [0.2, 0.25) is 0 Å². The number of nitrogens with zero attached hydrogens (tertiary/aromatic N) is 1. The van der Waals surface area contributed by atoms with Crippen molar-refractivity contribution in [2.24, 2.45) is 0 Å². The van der Waals surface area contributed by atoms with Crippen LogP contribution in [-0.2, 0) is 16.2 Å². The summed E-state index contributed by atoms with van der Waals surface area (Å²) in [4.78, 5) is 2.40. The third-order valence-electron chi connectivity index (χ3n) is 8.65. The second kappa shape index (κ2) is 9.86. The average molecular weight is 536 g/mol. The standard InChI is InChI=1S/C37H42ClN/c1-25-20-28(35(2,3)4)14-17-34(25)39(31-22-27(21-29(38)23-31)26-12-10-9-11-13-26)30-15-16-32-33(24-30)37(7,8)19-18-36(32,5)6/h9-17,20-24H,18-19H2,1-8H3. The smallest absolute Gasteiger partial charge is 0.0490 e. The van der Waals surface area contributed by atoms with Crippen molar-refractivity contribution < 1.29 is 0 Å². The van der Waals surface area contributed by atoms with E-state index >= 15 is 0 Å². The number of hydrogen-bond donors (Lipinski definition) is 0. The highest BCUT2D eigenvalue weighted by Gasteiger charge is 2.37. The molecule has 5 rings (SSSR count). The first-order valence-corrected chi connectivity index (χ1v) is 14.6. The molecule has 0 N–H and O–H groups in total. The molecule has 0 aliphatic heterocycles. The molecule has 0 saturated carbocycles. The number of hydrogen-bond acceptors (Lipinski definition) is 1. The summed E-state index contributed by atoms with van der Waals surface area (Å²) < 4.78 is 0. The zero-order valence-corrected chi connectivity index (χ0v) is 25.6. The highest BCUT2D eigenvalue weighted by Crippen LogP contribution is 2.49. The lowest BCUT2D eigenvalue weighted by Gasteiger charge is -2.42. The number of anilines is 3. The van der Waals surface area contributed by atoms with E-state index in [0.717, 1.165) is 21.8 Å². The molecule has 0 amide bonds. The second-order valence-electron chi connectivity index (χ2n) is 13.6. The van der Waals surface area contributed by atoms with Crippen LogP contribution in [0.5, 0.6) is 0 Å². The summed E-state index contributed by atoms with van der Waals surface area (Å²) in [5, 5.41) is 0.736. The van der Waals surface area contributed by atoms with Crippen molar-refractivity contribution in [1.82, 2.24) is 0 Å². The fourth-order valence-corrected chi connectivity index (χ4v) is 6.25. The Hall–Kier alpha value is -3.03. The maximum absolute atomic E-state index is 6.82. The molecule has 2 heteroatoms. The van der Waals surface area contributed by atoms with Crippen LogP contribution < -0.4 is 4.90 Å². The molecule has 0 aromatic heterocycles. The molecule has 0 spiro atoms. The van der Waals surface area contributed by atoms with E-state index in [-0.39, 0.29) is 16.2 Å². The van der Waals surface area contributed by atoms with Crippen LogP contribution in [0.2, 0.25) is 5.02 Å². The summed E-state index contributed by atoms with van der Waals surface area (Å²) in [6.07, 6.45) is 2.39. The van der Waals surface area contributed by atoms with Crippen molar-refractivity contribution in [3.8, 4) is 11.1 Å². The Morgan fingerprint density at radius 3 is 1.97 bits per heavy atom. The van der Waals surface area contributed by atoms with Crippen LogP contribution in [0.25, 0.3) is 11.1 Å². The SMILES string of the molecule is Cc1cc(C(C)(C)C)ccc1N(c1cc(Cl)cc(-c2ccccc2)c1)c1ccc2c(c1)C(C)(C)CCC2(C)C. The lowest BCUT2D eigenvalue weighted by atomic mass is 9.63. The molecule has 1 aliphatic rings. The van der Waals surface area contributed by atoms with E-state index in [2.05, 4.69) is 145 Å². The van der Waals surface area contributed by atoms with Gasteiger partial charge in [-0.05, 0) is 106 Å². The van der Waals surface area contributed by atoms with Crippen molar-refractivity contribution in [2.45, 2.75) is 84.5 Å². The fraction of sp³-hybridized carbons (Fsp3) is 0.351. The summed E-state index contributed by atoms with van der Waals surface area (Å²) in [6.45, 7) is 18.6. The van der Waals surface area contributed by atoms with Crippen molar-refractivity contribution >= 4 is 28.7 Å². The van der Waals surface area contributed by atoms with Gasteiger partial charge >= 0.3 is 0 Å². The summed E-state index contributed by atoms with van der Waals surface area (Å²) in [5.41, 5.74) is 11.6. The summed E-state index contributed by atoms with van der Waals surface area (Å²) in [6, 6.07) is 31.0. The van der Waals surface area contributed by atoms with Crippen LogP contribution >= 0.6 is 11.6 Å². The van der Waals surface area contributed by atoms with Crippen LogP contribution in [-0.4, -0.2) is 0 Å². The van der Waals surface area contributed by atoms with E-state index < -0.39 is 0 Å². The predicted octanol–water partition coefficient (Wildman–Crippen LogP) is 11.4. The van der Waals surface area contributed by atoms with E-state index in [0.29, 0.717) is 0 Å². The Morgan fingerprint density at radius 2 is 1.33 bits per heavy atom. The number of benzene rings is 4. The van der Waals surface area contributed by atoms with Gasteiger partial charge in [0.05, 0.1) is 0 Å². The zero-order chi connectivity index (χ0) is 28.2. The first-order chi connectivity index (χ1) is 18.3. The topological polar surface area (TPSA) is 3.24 Å². The normalized spacial score (nSPS) is 16.0. The van der Waals surface area contributed by atoms with Gasteiger partial charge in [0.25, 0.3) is 0 Å². The van der Waals surface area contributed by atoms with Gasteiger partial charge in [-0.3, -0.25) is 0 Å². The predicted molar refractivity (Wildman–Crippen MR) is 170 cm³/mol. The van der Waals surface area contributed by atoms with Crippen molar-refractivity contribution in [2.75, 3.05) is 4.90 Å². The third-order valence-corrected chi connectivity index (χ3v) is 8.86. The van der Waals surface area contributed by atoms with E-state index in [1.807, 2.05) is 0 Å². The van der Waals surface area contributed by atoms with E-state index in [4.69, 9.17) is 11.6 Å². The average Bonchev–Trinajstić information content (AvgIpc) is 2.88. The summed E-state index contributed by atoms with van der Waals surface area (Å²) in [7, 11) is 0. The molecule has 0 saturated heterocycles. The summed E-state index contributed by atoms with van der Waals surface area (Å²) in [5.74, 6) is 0. The fourth-order valence-electron chi connectivity index (χ4n) is 6.02. The first-order valence-electron chi connectivity index (χ1n) is 14.2. The van der Waals surface area contributed by atoms with E-state index in [1.165, 1.54) is 46.5 Å². The molecule has 0 bridgehead atoms. The van der Waals surface area contributed by atoms with Crippen molar-refractivity contribution in [1.29, 1.82) is 0 Å². The molecule has 1 nitrogen and oxygen atoms in total. The van der Waals surface area contributed by atoms with Gasteiger partial charge in [-0.1, -0.05) is 109 Å². The van der Waals surface area contributed by atoms with Crippen molar-refractivity contribution in [3.05, 3.63) is 112 Å². The highest BCUT2D eigenvalue weighted by molar-refractivity contribution is 6.31. The minimum atomic E-state index is 0.0894. The van der Waals surface area contributed by atoms with Crippen molar-refractivity contribution in [3.63, 3.8) is 0 Å². The number of fused-ring (bicyclic) bond motifs is 1. The molecule has 0 unspecified atom stereocenters. The molecule has 0 fully saturated rings. The summed E-state index contributed by atoms with van der Waals surface area (Å²) >= 11 is 6.82. The van der Waals surface area contributed by atoms with Gasteiger partial charge in [-0.15, -0.1) is 0 Å². The maximum atomic E-state index is 6.82. The molecular weight excluding hydrogens is 494 g/mol. The quantitative estimate of drug-likeness (QED) is 0.251. The number of rotatable bonds is 4. The van der Waals surface area contributed by atoms with Gasteiger partial charge < -0.3 is 4.90 Å². The minimum Gasteiger partial charge on any atom is -0.310 e. The van der Waals surface area contributed by atoms with Crippen LogP contribution in [0, 0.1) is 6.92 Å². The largest absolute Gasteiger partial charge is 0.310 e. The molecule has 1 aliphatic carbocycles. The van der Waals surface area contributed by atoms with Crippen LogP contribution in [0.15, 0.2) is 84.9 Å². The van der Waals surface area contributed by atoms with E-state index in [1.54, 1.807) is 0 Å². The molecule has 0 radical (unpaired) electrons.